The van der Waals surface area contributed by atoms with Crippen LogP contribution in [0.15, 0.2) is 28.7 Å². The van der Waals surface area contributed by atoms with Crippen molar-refractivity contribution in [3.8, 4) is 5.75 Å². The van der Waals surface area contributed by atoms with Gasteiger partial charge in [0, 0.05) is 10.6 Å². The summed E-state index contributed by atoms with van der Waals surface area (Å²) in [7, 11) is 1.24. The molecule has 1 aromatic heterocycles. The molecule has 0 bridgehead atoms. The topological polar surface area (TPSA) is 86.0 Å². The summed E-state index contributed by atoms with van der Waals surface area (Å²) in [6, 6.07) is 5.63. The molecule has 2 rings (SSSR count). The van der Waals surface area contributed by atoms with Gasteiger partial charge in [0.1, 0.15) is 23.7 Å². The number of esters is 2. The number of furan rings is 1. The molecular formula is C15H13ClO6. The molecule has 0 aliphatic carbocycles. The summed E-state index contributed by atoms with van der Waals surface area (Å²) in [5.74, 6) is -1.26. The summed E-state index contributed by atoms with van der Waals surface area (Å²) in [6.07, 6.45) is 0. The summed E-state index contributed by atoms with van der Waals surface area (Å²) < 4.78 is 14.9. The lowest BCUT2D eigenvalue weighted by Crippen LogP contribution is -2.05. The maximum atomic E-state index is 11.9. The first-order valence-electron chi connectivity index (χ1n) is 6.25. The van der Waals surface area contributed by atoms with E-state index < -0.39 is 11.9 Å². The summed E-state index contributed by atoms with van der Waals surface area (Å²) in [5.41, 5.74) is 0.563. The molecule has 0 spiro atoms. The second-order valence-corrected chi connectivity index (χ2v) is 4.89. The molecule has 0 unspecified atom stereocenters. The fourth-order valence-corrected chi connectivity index (χ4v) is 1.97. The maximum Gasteiger partial charge on any atom is 0.374 e. The quantitative estimate of drug-likeness (QED) is 0.870. The van der Waals surface area contributed by atoms with Crippen LogP contribution in [-0.2, 0) is 16.1 Å². The van der Waals surface area contributed by atoms with Crippen molar-refractivity contribution in [2.45, 2.75) is 13.5 Å². The number of halogens is 1. The van der Waals surface area contributed by atoms with Crippen LogP contribution in [0.25, 0.3) is 0 Å². The van der Waals surface area contributed by atoms with Crippen molar-refractivity contribution in [3.63, 3.8) is 0 Å². The van der Waals surface area contributed by atoms with Gasteiger partial charge in [-0.2, -0.15) is 0 Å². The number of aromatic hydroxyl groups is 1. The van der Waals surface area contributed by atoms with Crippen molar-refractivity contribution >= 4 is 23.5 Å². The number of phenols is 1. The van der Waals surface area contributed by atoms with E-state index >= 15 is 0 Å². The normalized spacial score (nSPS) is 10.3. The summed E-state index contributed by atoms with van der Waals surface area (Å²) in [6.45, 7) is 1.49. The molecule has 0 saturated carbocycles. The van der Waals surface area contributed by atoms with E-state index in [9.17, 15) is 14.7 Å². The Kier molecular flexibility index (Phi) is 4.72. The Hall–Kier alpha value is -2.47. The summed E-state index contributed by atoms with van der Waals surface area (Å²) in [4.78, 5) is 23.3. The highest BCUT2D eigenvalue weighted by Gasteiger charge is 2.18. The van der Waals surface area contributed by atoms with Gasteiger partial charge in [-0.05, 0) is 31.2 Å². The summed E-state index contributed by atoms with van der Waals surface area (Å²) >= 11 is 5.69. The standard InChI is InChI=1S/C15H13ClO6/c1-8-5-10(22-13(8)15(19)20-2)7-21-14(18)11-4-3-9(16)6-12(11)17/h3-6,17H,7H2,1-2H3. The van der Waals surface area contributed by atoms with Gasteiger partial charge in [-0.25, -0.2) is 9.59 Å². The Morgan fingerprint density at radius 3 is 2.64 bits per heavy atom. The molecule has 0 radical (unpaired) electrons. The third kappa shape index (κ3) is 3.40. The minimum absolute atomic E-state index is 0.0131. The third-order valence-corrected chi connectivity index (χ3v) is 3.10. The molecule has 0 saturated heterocycles. The molecule has 1 heterocycles. The van der Waals surface area contributed by atoms with Crippen LogP contribution in [-0.4, -0.2) is 24.2 Å². The zero-order chi connectivity index (χ0) is 16.3. The monoisotopic (exact) mass is 324 g/mol. The molecule has 0 amide bonds. The highest BCUT2D eigenvalue weighted by molar-refractivity contribution is 6.30. The van der Waals surface area contributed by atoms with Crippen molar-refractivity contribution in [1.29, 1.82) is 0 Å². The predicted molar refractivity (Wildman–Crippen MR) is 77.0 cm³/mol. The van der Waals surface area contributed by atoms with E-state index in [2.05, 4.69) is 4.74 Å². The van der Waals surface area contributed by atoms with Crippen LogP contribution in [0, 0.1) is 6.92 Å². The van der Waals surface area contributed by atoms with E-state index in [1.165, 1.54) is 25.3 Å². The fourth-order valence-electron chi connectivity index (χ4n) is 1.81. The first-order chi connectivity index (χ1) is 10.4. The SMILES string of the molecule is COC(=O)c1oc(COC(=O)c2ccc(Cl)cc2O)cc1C. The van der Waals surface area contributed by atoms with Crippen LogP contribution >= 0.6 is 11.6 Å². The number of benzene rings is 1. The number of methoxy groups -OCH3 is 1. The van der Waals surface area contributed by atoms with Crippen LogP contribution in [0.1, 0.15) is 32.2 Å². The molecule has 1 aromatic carbocycles. The molecular weight excluding hydrogens is 312 g/mol. The average molecular weight is 325 g/mol. The van der Waals surface area contributed by atoms with Crippen LogP contribution in [0.4, 0.5) is 0 Å². The Morgan fingerprint density at radius 2 is 2.00 bits per heavy atom. The lowest BCUT2D eigenvalue weighted by Gasteiger charge is -2.05. The van der Waals surface area contributed by atoms with Crippen molar-refractivity contribution in [2.75, 3.05) is 7.11 Å². The number of phenolic OH excluding ortho intramolecular Hbond substituents is 1. The molecule has 2 aromatic rings. The van der Waals surface area contributed by atoms with Crippen molar-refractivity contribution < 1.29 is 28.6 Å². The van der Waals surface area contributed by atoms with E-state index in [4.69, 9.17) is 20.8 Å². The van der Waals surface area contributed by atoms with Gasteiger partial charge in [-0.3, -0.25) is 0 Å². The number of rotatable bonds is 4. The molecule has 1 N–H and O–H groups in total. The third-order valence-electron chi connectivity index (χ3n) is 2.86. The van der Waals surface area contributed by atoms with Gasteiger partial charge in [0.05, 0.1) is 7.11 Å². The van der Waals surface area contributed by atoms with Gasteiger partial charge in [0.25, 0.3) is 0 Å². The van der Waals surface area contributed by atoms with Crippen molar-refractivity contribution in [1.82, 2.24) is 0 Å². The average Bonchev–Trinajstić information content (AvgIpc) is 2.85. The second-order valence-electron chi connectivity index (χ2n) is 4.45. The van der Waals surface area contributed by atoms with Gasteiger partial charge in [-0.15, -0.1) is 0 Å². The second kappa shape index (κ2) is 6.53. The van der Waals surface area contributed by atoms with Gasteiger partial charge in [-0.1, -0.05) is 11.6 Å². The Balaban J connectivity index is 2.07. The van der Waals surface area contributed by atoms with Crippen molar-refractivity contribution in [2.24, 2.45) is 0 Å². The fraction of sp³-hybridized carbons (Fsp3) is 0.200. The first kappa shape index (κ1) is 15.9. The number of hydrogen-bond acceptors (Lipinski definition) is 6. The lowest BCUT2D eigenvalue weighted by atomic mass is 10.2. The molecule has 0 fully saturated rings. The van der Waals surface area contributed by atoms with Gasteiger partial charge >= 0.3 is 11.9 Å². The Bertz CT molecular complexity index is 719. The molecule has 0 atom stereocenters. The number of ether oxygens (including phenoxy) is 2. The van der Waals surface area contributed by atoms with Crippen LogP contribution in [0.3, 0.4) is 0 Å². The largest absolute Gasteiger partial charge is 0.507 e. The highest BCUT2D eigenvalue weighted by atomic mass is 35.5. The number of carbonyl (C=O) groups is 2. The molecule has 6 nitrogen and oxygen atoms in total. The van der Waals surface area contributed by atoms with E-state index in [1.807, 2.05) is 0 Å². The minimum atomic E-state index is -0.733. The van der Waals surface area contributed by atoms with E-state index in [0.717, 1.165) is 0 Å². The van der Waals surface area contributed by atoms with Gasteiger partial charge < -0.3 is 19.0 Å². The van der Waals surface area contributed by atoms with Crippen LogP contribution < -0.4 is 0 Å². The highest BCUT2D eigenvalue weighted by Crippen LogP contribution is 2.23. The van der Waals surface area contributed by atoms with Crippen LogP contribution in [0.5, 0.6) is 5.75 Å². The zero-order valence-corrected chi connectivity index (χ0v) is 12.6. The molecule has 116 valence electrons. The number of hydrogen-bond donors (Lipinski definition) is 1. The number of carbonyl (C=O) groups excluding carboxylic acids is 2. The lowest BCUT2D eigenvalue weighted by molar-refractivity contribution is 0.0435. The molecule has 7 heteroatoms. The van der Waals surface area contributed by atoms with Gasteiger partial charge in [0.15, 0.2) is 0 Å². The van der Waals surface area contributed by atoms with E-state index in [1.54, 1.807) is 13.0 Å². The van der Waals surface area contributed by atoms with Gasteiger partial charge in [0.2, 0.25) is 5.76 Å². The molecule has 22 heavy (non-hydrogen) atoms. The van der Waals surface area contributed by atoms with Crippen molar-refractivity contribution in [3.05, 3.63) is 51.9 Å². The van der Waals surface area contributed by atoms with E-state index in [0.29, 0.717) is 16.3 Å². The Labute approximate surface area is 131 Å². The maximum absolute atomic E-state index is 11.9. The first-order valence-corrected chi connectivity index (χ1v) is 6.63. The van der Waals surface area contributed by atoms with Crippen LogP contribution in [0.2, 0.25) is 5.02 Å². The minimum Gasteiger partial charge on any atom is -0.507 e. The zero-order valence-electron chi connectivity index (χ0n) is 11.9. The van der Waals surface area contributed by atoms with E-state index in [-0.39, 0.29) is 23.7 Å². The number of aryl methyl sites for hydroxylation is 1. The summed E-state index contributed by atoms with van der Waals surface area (Å²) in [5, 5.41) is 9.95. The smallest absolute Gasteiger partial charge is 0.374 e. The Morgan fingerprint density at radius 1 is 1.27 bits per heavy atom. The predicted octanol–water partition coefficient (Wildman–Crippen LogP) is 3.09. The molecule has 0 aliphatic rings. The molecule has 0 aliphatic heterocycles.